The molecule has 21 heavy (non-hydrogen) atoms. The van der Waals surface area contributed by atoms with E-state index in [1.54, 1.807) is 6.92 Å². The second kappa shape index (κ2) is 6.89. The van der Waals surface area contributed by atoms with Crippen molar-refractivity contribution in [3.63, 3.8) is 0 Å². The van der Waals surface area contributed by atoms with Crippen LogP contribution in [0.1, 0.15) is 41.6 Å². The van der Waals surface area contributed by atoms with E-state index in [1.165, 1.54) is 18.2 Å². The van der Waals surface area contributed by atoms with Crippen LogP contribution in [0.4, 0.5) is 5.69 Å². The van der Waals surface area contributed by atoms with Crippen LogP contribution >= 0.6 is 11.6 Å². The van der Waals surface area contributed by atoms with Crippen LogP contribution < -0.4 is 5.32 Å². The van der Waals surface area contributed by atoms with Crippen LogP contribution in [0.5, 0.6) is 0 Å². The fourth-order valence-electron chi connectivity index (χ4n) is 2.84. The normalized spacial score (nSPS) is 21.8. The Morgan fingerprint density at radius 3 is 2.76 bits per heavy atom. The molecule has 0 aliphatic heterocycles. The summed E-state index contributed by atoms with van der Waals surface area (Å²) >= 11 is 5.97. The Kier molecular flexibility index (Phi) is 5.17. The number of nitro groups is 1. The molecule has 1 saturated carbocycles. The Bertz CT molecular complexity index is 548. The van der Waals surface area contributed by atoms with E-state index < -0.39 is 4.92 Å². The Balaban J connectivity index is 2.11. The number of carbonyl (C=O) groups excluding carboxylic acids is 1. The van der Waals surface area contributed by atoms with Crippen molar-refractivity contribution in [1.29, 1.82) is 0 Å². The zero-order valence-corrected chi connectivity index (χ0v) is 12.7. The first-order valence-electron chi connectivity index (χ1n) is 7.14. The van der Waals surface area contributed by atoms with E-state index in [4.69, 9.17) is 11.6 Å². The van der Waals surface area contributed by atoms with Gasteiger partial charge in [-0.05, 0) is 37.3 Å². The molecule has 1 aromatic carbocycles. The molecule has 0 bridgehead atoms. The number of nitro benzene ring substituents is 1. The molecule has 1 amide bonds. The van der Waals surface area contributed by atoms with E-state index in [1.807, 2.05) is 0 Å². The maximum atomic E-state index is 12.4. The molecular formula is C15H19ClN2O3. The van der Waals surface area contributed by atoms with Gasteiger partial charge in [0, 0.05) is 29.6 Å². The summed E-state index contributed by atoms with van der Waals surface area (Å²) in [6, 6.07) is 4.40. The smallest absolute Gasteiger partial charge is 0.269 e. The first-order valence-corrected chi connectivity index (χ1v) is 7.68. The van der Waals surface area contributed by atoms with Crippen LogP contribution in [0.15, 0.2) is 18.2 Å². The molecule has 1 aliphatic carbocycles. The van der Waals surface area contributed by atoms with Gasteiger partial charge in [-0.25, -0.2) is 0 Å². The van der Waals surface area contributed by atoms with Gasteiger partial charge < -0.3 is 5.32 Å². The number of nitrogens with one attached hydrogen (secondary N) is 1. The van der Waals surface area contributed by atoms with E-state index in [2.05, 4.69) is 5.32 Å². The van der Waals surface area contributed by atoms with Gasteiger partial charge in [0.1, 0.15) is 0 Å². The Morgan fingerprint density at radius 2 is 2.14 bits per heavy atom. The summed E-state index contributed by atoms with van der Waals surface area (Å²) in [5.74, 6) is 0.677. The van der Waals surface area contributed by atoms with Gasteiger partial charge in [0.05, 0.1) is 4.92 Å². The molecule has 1 aromatic rings. The van der Waals surface area contributed by atoms with Gasteiger partial charge in [0.25, 0.3) is 11.6 Å². The summed E-state index contributed by atoms with van der Waals surface area (Å²) < 4.78 is 0. The van der Waals surface area contributed by atoms with Crippen LogP contribution in [-0.2, 0) is 0 Å². The molecule has 6 heteroatoms. The summed E-state index contributed by atoms with van der Waals surface area (Å²) in [6.45, 7) is 1.71. The SMILES string of the molecule is Cc1cc([N+](=O)[O-])ccc1C(=O)NC1CCCCC1CCl. The van der Waals surface area contributed by atoms with Gasteiger partial charge in [-0.1, -0.05) is 12.8 Å². The van der Waals surface area contributed by atoms with Crippen LogP contribution in [0.2, 0.25) is 0 Å². The number of nitrogens with zero attached hydrogens (tertiary/aromatic N) is 1. The van der Waals surface area contributed by atoms with E-state index in [0.29, 0.717) is 22.9 Å². The Morgan fingerprint density at radius 1 is 1.43 bits per heavy atom. The minimum Gasteiger partial charge on any atom is -0.349 e. The summed E-state index contributed by atoms with van der Waals surface area (Å²) in [4.78, 5) is 22.6. The number of non-ortho nitro benzene ring substituents is 1. The zero-order chi connectivity index (χ0) is 15.4. The summed E-state index contributed by atoms with van der Waals surface area (Å²) in [7, 11) is 0. The largest absolute Gasteiger partial charge is 0.349 e. The Hall–Kier alpha value is -1.62. The van der Waals surface area contributed by atoms with Gasteiger partial charge in [-0.15, -0.1) is 11.6 Å². The number of alkyl halides is 1. The fraction of sp³-hybridized carbons (Fsp3) is 0.533. The number of amides is 1. The van der Waals surface area contributed by atoms with Crippen molar-refractivity contribution in [3.05, 3.63) is 39.4 Å². The molecule has 1 N–H and O–H groups in total. The maximum Gasteiger partial charge on any atom is 0.269 e. The first-order chi connectivity index (χ1) is 10.0. The summed E-state index contributed by atoms with van der Waals surface area (Å²) in [6.07, 6.45) is 4.22. The zero-order valence-electron chi connectivity index (χ0n) is 12.0. The summed E-state index contributed by atoms with van der Waals surface area (Å²) in [5, 5.41) is 13.8. The lowest BCUT2D eigenvalue weighted by molar-refractivity contribution is -0.384. The molecule has 2 atom stereocenters. The van der Waals surface area contributed by atoms with Crippen LogP contribution in [-0.4, -0.2) is 22.8 Å². The van der Waals surface area contributed by atoms with Crippen molar-refractivity contribution in [2.24, 2.45) is 5.92 Å². The van der Waals surface area contributed by atoms with Gasteiger partial charge in [0.15, 0.2) is 0 Å². The van der Waals surface area contributed by atoms with Gasteiger partial charge in [-0.2, -0.15) is 0 Å². The fourth-order valence-corrected chi connectivity index (χ4v) is 3.21. The second-order valence-corrected chi connectivity index (χ2v) is 5.84. The van der Waals surface area contributed by atoms with Crippen molar-refractivity contribution >= 4 is 23.2 Å². The molecule has 114 valence electrons. The average molecular weight is 311 g/mol. The Labute approximate surface area is 128 Å². The number of aryl methyl sites for hydroxylation is 1. The predicted molar refractivity (Wildman–Crippen MR) is 81.8 cm³/mol. The van der Waals surface area contributed by atoms with E-state index >= 15 is 0 Å². The van der Waals surface area contributed by atoms with E-state index in [9.17, 15) is 14.9 Å². The number of hydrogen-bond donors (Lipinski definition) is 1. The van der Waals surface area contributed by atoms with Crippen molar-refractivity contribution < 1.29 is 9.72 Å². The third-order valence-corrected chi connectivity index (χ3v) is 4.49. The highest BCUT2D eigenvalue weighted by molar-refractivity contribution is 6.18. The molecule has 0 spiro atoms. The topological polar surface area (TPSA) is 72.2 Å². The minimum absolute atomic E-state index is 0.000325. The number of hydrogen-bond acceptors (Lipinski definition) is 3. The number of benzene rings is 1. The third-order valence-electron chi connectivity index (χ3n) is 4.09. The van der Waals surface area contributed by atoms with Crippen LogP contribution in [0.3, 0.4) is 0 Å². The highest BCUT2D eigenvalue weighted by Crippen LogP contribution is 2.26. The molecule has 2 rings (SSSR count). The van der Waals surface area contributed by atoms with Crippen LogP contribution in [0, 0.1) is 23.0 Å². The second-order valence-electron chi connectivity index (χ2n) is 5.54. The predicted octanol–water partition coefficient (Wildman–Crippen LogP) is 3.43. The molecule has 1 aliphatic rings. The van der Waals surface area contributed by atoms with E-state index in [0.717, 1.165) is 25.7 Å². The molecule has 0 aromatic heterocycles. The van der Waals surface area contributed by atoms with Gasteiger partial charge in [0.2, 0.25) is 0 Å². The van der Waals surface area contributed by atoms with Crippen molar-refractivity contribution in [1.82, 2.24) is 5.32 Å². The first kappa shape index (κ1) is 15.8. The van der Waals surface area contributed by atoms with E-state index in [-0.39, 0.29) is 17.6 Å². The highest BCUT2D eigenvalue weighted by atomic mass is 35.5. The van der Waals surface area contributed by atoms with Gasteiger partial charge >= 0.3 is 0 Å². The molecule has 5 nitrogen and oxygen atoms in total. The lowest BCUT2D eigenvalue weighted by atomic mass is 9.85. The maximum absolute atomic E-state index is 12.4. The summed E-state index contributed by atoms with van der Waals surface area (Å²) in [5.41, 5.74) is 1.10. The molecule has 2 unspecified atom stereocenters. The molecule has 0 heterocycles. The molecule has 0 saturated heterocycles. The van der Waals surface area contributed by atoms with Crippen molar-refractivity contribution in [2.75, 3.05) is 5.88 Å². The van der Waals surface area contributed by atoms with Crippen molar-refractivity contribution in [2.45, 2.75) is 38.6 Å². The van der Waals surface area contributed by atoms with Gasteiger partial charge in [-0.3, -0.25) is 14.9 Å². The molecular weight excluding hydrogens is 292 g/mol. The van der Waals surface area contributed by atoms with Crippen molar-refractivity contribution in [3.8, 4) is 0 Å². The lowest BCUT2D eigenvalue weighted by Crippen LogP contribution is -2.43. The molecule has 0 radical (unpaired) electrons. The monoisotopic (exact) mass is 310 g/mol. The number of carbonyl (C=O) groups is 1. The quantitative estimate of drug-likeness (QED) is 0.526. The number of rotatable bonds is 4. The molecule has 1 fully saturated rings. The lowest BCUT2D eigenvalue weighted by Gasteiger charge is -2.31. The third kappa shape index (κ3) is 3.73. The number of halogens is 1. The standard InChI is InChI=1S/C15H19ClN2O3/c1-10-8-12(18(20)21)6-7-13(10)15(19)17-14-5-3-2-4-11(14)9-16/h6-8,11,14H,2-5,9H2,1H3,(H,17,19). The highest BCUT2D eigenvalue weighted by Gasteiger charge is 2.26. The minimum atomic E-state index is -0.459. The average Bonchev–Trinajstić information content (AvgIpc) is 2.47. The van der Waals surface area contributed by atoms with Crippen LogP contribution in [0.25, 0.3) is 0 Å².